The van der Waals surface area contributed by atoms with Crippen molar-refractivity contribution in [3.8, 4) is 11.5 Å². The van der Waals surface area contributed by atoms with Gasteiger partial charge in [-0.3, -0.25) is 9.59 Å². The van der Waals surface area contributed by atoms with Crippen LogP contribution in [0.1, 0.15) is 35.1 Å². The highest BCUT2D eigenvalue weighted by Crippen LogP contribution is 2.26. The molecule has 0 saturated carbocycles. The molecular weight excluding hydrogens is 370 g/mol. The van der Waals surface area contributed by atoms with Crippen LogP contribution in [0.2, 0.25) is 0 Å². The number of carbonyl (C=O) groups is 2. The van der Waals surface area contributed by atoms with Crippen molar-refractivity contribution < 1.29 is 19.1 Å². The summed E-state index contributed by atoms with van der Waals surface area (Å²) in [6, 6.07) is 9.31. The van der Waals surface area contributed by atoms with Crippen LogP contribution >= 0.6 is 0 Å². The Labute approximate surface area is 171 Å². The van der Waals surface area contributed by atoms with E-state index in [0.29, 0.717) is 11.5 Å². The zero-order valence-corrected chi connectivity index (χ0v) is 17.5. The second kappa shape index (κ2) is 10.3. The van der Waals surface area contributed by atoms with Crippen LogP contribution in [0.5, 0.6) is 11.5 Å². The largest absolute Gasteiger partial charge is 0.493 e. The predicted molar refractivity (Wildman–Crippen MR) is 114 cm³/mol. The van der Waals surface area contributed by atoms with Crippen molar-refractivity contribution in [2.24, 2.45) is 5.10 Å². The number of benzene rings is 2. The number of methoxy groups -OCH3 is 2. The molecule has 0 spiro atoms. The highest BCUT2D eigenvalue weighted by Gasteiger charge is 2.10. The van der Waals surface area contributed by atoms with E-state index < -0.39 is 0 Å². The van der Waals surface area contributed by atoms with Gasteiger partial charge in [-0.2, -0.15) is 5.10 Å². The van der Waals surface area contributed by atoms with Crippen molar-refractivity contribution in [3.63, 3.8) is 0 Å². The number of amides is 2. The molecule has 0 unspecified atom stereocenters. The fourth-order valence-electron chi connectivity index (χ4n) is 2.97. The Morgan fingerprint density at radius 1 is 0.931 bits per heavy atom. The fourth-order valence-corrected chi connectivity index (χ4v) is 2.97. The highest BCUT2D eigenvalue weighted by molar-refractivity contribution is 5.94. The molecule has 2 rings (SSSR count). The Hall–Kier alpha value is -3.35. The van der Waals surface area contributed by atoms with Crippen LogP contribution in [-0.4, -0.2) is 32.2 Å². The van der Waals surface area contributed by atoms with Gasteiger partial charge < -0.3 is 14.8 Å². The van der Waals surface area contributed by atoms with E-state index in [0.717, 1.165) is 27.9 Å². The van der Waals surface area contributed by atoms with Crippen molar-refractivity contribution in [1.82, 2.24) is 5.43 Å². The SMILES string of the molecule is COc1ccc(/C=N\NC(=O)CCC(=O)Nc2c(C)cc(C)cc2C)cc1OC. The predicted octanol–water partition coefficient (Wildman–Crippen LogP) is 3.50. The maximum Gasteiger partial charge on any atom is 0.240 e. The van der Waals surface area contributed by atoms with Crippen molar-refractivity contribution in [1.29, 1.82) is 0 Å². The van der Waals surface area contributed by atoms with Crippen LogP contribution in [0.3, 0.4) is 0 Å². The second-order valence-corrected chi connectivity index (χ2v) is 6.73. The van der Waals surface area contributed by atoms with Crippen LogP contribution < -0.4 is 20.2 Å². The van der Waals surface area contributed by atoms with E-state index in [2.05, 4.69) is 15.8 Å². The number of nitrogens with one attached hydrogen (secondary N) is 2. The first-order valence-corrected chi connectivity index (χ1v) is 9.25. The van der Waals surface area contributed by atoms with Crippen LogP contribution in [0.4, 0.5) is 5.69 Å². The van der Waals surface area contributed by atoms with Gasteiger partial charge in [-0.15, -0.1) is 0 Å². The molecule has 0 atom stereocenters. The minimum absolute atomic E-state index is 0.0407. The van der Waals surface area contributed by atoms with Gasteiger partial charge in [0, 0.05) is 18.5 Å². The quantitative estimate of drug-likeness (QED) is 0.527. The maximum absolute atomic E-state index is 12.2. The van der Waals surface area contributed by atoms with Crippen molar-refractivity contribution in [3.05, 3.63) is 52.6 Å². The minimum atomic E-state index is -0.339. The molecule has 0 heterocycles. The summed E-state index contributed by atoms with van der Waals surface area (Å²) in [4.78, 5) is 24.1. The average Bonchev–Trinajstić information content (AvgIpc) is 2.69. The molecule has 2 aromatic carbocycles. The first-order valence-electron chi connectivity index (χ1n) is 9.25. The van der Waals surface area contributed by atoms with E-state index in [1.54, 1.807) is 32.4 Å². The summed E-state index contributed by atoms with van der Waals surface area (Å²) in [5.74, 6) is 0.633. The molecule has 154 valence electrons. The molecule has 7 heteroatoms. The van der Waals surface area contributed by atoms with Crippen LogP contribution in [0.25, 0.3) is 0 Å². The lowest BCUT2D eigenvalue weighted by atomic mass is 10.0. The van der Waals surface area contributed by atoms with Gasteiger partial charge in [0.15, 0.2) is 11.5 Å². The molecule has 2 aromatic rings. The number of ether oxygens (including phenoxy) is 2. The third-order valence-electron chi connectivity index (χ3n) is 4.33. The topological polar surface area (TPSA) is 89.0 Å². The molecule has 0 aliphatic heterocycles. The first kappa shape index (κ1) is 21.9. The van der Waals surface area contributed by atoms with Gasteiger partial charge in [0.2, 0.25) is 11.8 Å². The summed E-state index contributed by atoms with van der Waals surface area (Å²) in [6.45, 7) is 5.91. The van der Waals surface area contributed by atoms with Crippen molar-refractivity contribution in [2.45, 2.75) is 33.6 Å². The third-order valence-corrected chi connectivity index (χ3v) is 4.33. The van der Waals surface area contributed by atoms with Crippen LogP contribution in [-0.2, 0) is 9.59 Å². The summed E-state index contributed by atoms with van der Waals surface area (Å²) in [7, 11) is 3.11. The zero-order chi connectivity index (χ0) is 21.4. The fraction of sp³-hybridized carbons (Fsp3) is 0.318. The van der Waals surface area contributed by atoms with E-state index in [9.17, 15) is 9.59 Å². The number of hydrazone groups is 1. The van der Waals surface area contributed by atoms with Crippen molar-refractivity contribution in [2.75, 3.05) is 19.5 Å². The van der Waals surface area contributed by atoms with Gasteiger partial charge in [-0.25, -0.2) is 5.43 Å². The number of aryl methyl sites for hydroxylation is 3. The molecule has 0 aliphatic carbocycles. The molecule has 2 amide bonds. The molecule has 0 aliphatic rings. The second-order valence-electron chi connectivity index (χ2n) is 6.73. The Bertz CT molecular complexity index is 899. The Morgan fingerprint density at radius 3 is 2.17 bits per heavy atom. The Morgan fingerprint density at radius 2 is 1.55 bits per heavy atom. The molecule has 0 radical (unpaired) electrons. The third kappa shape index (κ3) is 6.34. The number of hydrogen-bond acceptors (Lipinski definition) is 5. The lowest BCUT2D eigenvalue weighted by Gasteiger charge is -2.12. The summed E-state index contributed by atoms with van der Waals surface area (Å²) >= 11 is 0. The van der Waals surface area contributed by atoms with Gasteiger partial charge >= 0.3 is 0 Å². The van der Waals surface area contributed by atoms with Crippen molar-refractivity contribution >= 4 is 23.7 Å². The lowest BCUT2D eigenvalue weighted by molar-refractivity contribution is -0.124. The molecule has 29 heavy (non-hydrogen) atoms. The summed E-state index contributed by atoms with van der Waals surface area (Å²) < 4.78 is 10.4. The van der Waals surface area contributed by atoms with Gasteiger partial charge in [0.25, 0.3) is 0 Å². The average molecular weight is 397 g/mol. The van der Waals surface area contributed by atoms with E-state index in [1.807, 2.05) is 32.9 Å². The molecule has 0 aromatic heterocycles. The van der Waals surface area contributed by atoms with E-state index in [4.69, 9.17) is 9.47 Å². The summed E-state index contributed by atoms with van der Waals surface area (Å²) in [5.41, 5.74) is 7.11. The van der Waals surface area contributed by atoms with E-state index >= 15 is 0 Å². The molecule has 2 N–H and O–H groups in total. The van der Waals surface area contributed by atoms with Gasteiger partial charge in [0.1, 0.15) is 0 Å². The molecule has 0 fully saturated rings. The molecular formula is C22H27N3O4. The standard InChI is InChI=1S/C22H27N3O4/c1-14-10-15(2)22(16(3)11-14)24-20(26)8-9-21(27)25-23-13-17-6-7-18(28-4)19(12-17)29-5/h6-7,10-13H,8-9H2,1-5H3,(H,24,26)(H,25,27)/b23-13-. The zero-order valence-electron chi connectivity index (χ0n) is 17.5. The molecule has 0 saturated heterocycles. The Balaban J connectivity index is 1.84. The number of carbonyl (C=O) groups excluding carboxylic acids is 2. The summed E-state index contributed by atoms with van der Waals surface area (Å²) in [5, 5.41) is 6.80. The van der Waals surface area contributed by atoms with Crippen LogP contribution in [0.15, 0.2) is 35.4 Å². The van der Waals surface area contributed by atoms with Gasteiger partial charge in [-0.1, -0.05) is 17.7 Å². The highest BCUT2D eigenvalue weighted by atomic mass is 16.5. The monoisotopic (exact) mass is 397 g/mol. The van der Waals surface area contributed by atoms with Gasteiger partial charge in [0.05, 0.1) is 20.4 Å². The molecule has 7 nitrogen and oxygen atoms in total. The normalized spacial score (nSPS) is 10.7. The number of hydrogen-bond donors (Lipinski definition) is 2. The lowest BCUT2D eigenvalue weighted by Crippen LogP contribution is -2.21. The minimum Gasteiger partial charge on any atom is -0.493 e. The first-order chi connectivity index (χ1) is 13.8. The van der Waals surface area contributed by atoms with E-state index in [1.165, 1.54) is 6.21 Å². The van der Waals surface area contributed by atoms with E-state index in [-0.39, 0.29) is 24.7 Å². The smallest absolute Gasteiger partial charge is 0.240 e. The number of anilines is 1. The number of nitrogens with zero attached hydrogens (tertiary/aromatic N) is 1. The van der Waals surface area contributed by atoms with Crippen LogP contribution in [0, 0.1) is 20.8 Å². The molecule has 0 bridgehead atoms. The Kier molecular flexibility index (Phi) is 7.77. The summed E-state index contributed by atoms with van der Waals surface area (Å²) in [6.07, 6.45) is 1.61. The number of rotatable bonds is 8. The maximum atomic E-state index is 12.2. The van der Waals surface area contributed by atoms with Gasteiger partial charge in [-0.05, 0) is 55.7 Å².